The summed E-state index contributed by atoms with van der Waals surface area (Å²) in [6.45, 7) is 15.3. The quantitative estimate of drug-likeness (QED) is 0.170. The number of hydrogen-bond acceptors (Lipinski definition) is 6. The van der Waals surface area contributed by atoms with E-state index in [1.165, 1.54) is 25.7 Å². The number of esters is 1. The van der Waals surface area contributed by atoms with E-state index in [1.807, 2.05) is 12.3 Å². The van der Waals surface area contributed by atoms with Crippen LogP contribution in [0, 0.1) is 5.92 Å². The Balaban J connectivity index is 0.00000400. The number of hydrogen-bond donors (Lipinski definition) is 0. The number of ether oxygens (including phenoxy) is 3. The maximum Gasteiger partial charge on any atom is 0.311 e. The van der Waals surface area contributed by atoms with Crippen molar-refractivity contribution in [2.45, 2.75) is 84.7 Å². The van der Waals surface area contributed by atoms with E-state index in [2.05, 4.69) is 56.6 Å². The van der Waals surface area contributed by atoms with Gasteiger partial charge in [0.25, 0.3) is 0 Å². The lowest BCUT2D eigenvalue weighted by molar-refractivity contribution is -0.134. The van der Waals surface area contributed by atoms with Crippen molar-refractivity contribution in [3.05, 3.63) is 41.7 Å². The van der Waals surface area contributed by atoms with Gasteiger partial charge in [0.1, 0.15) is 17.1 Å². The van der Waals surface area contributed by atoms with E-state index in [4.69, 9.17) is 14.2 Å². The smallest absolute Gasteiger partial charge is 0.311 e. The molecule has 2 unspecified atom stereocenters. The fourth-order valence-electron chi connectivity index (χ4n) is 5.49. The largest absolute Gasteiger partial charge is 0.482 e. The van der Waals surface area contributed by atoms with Crippen LogP contribution in [0.3, 0.4) is 0 Å². The molecule has 210 valence electrons. The Kier molecular flexibility index (Phi) is 11.0. The van der Waals surface area contributed by atoms with Crippen molar-refractivity contribution in [3.63, 3.8) is 0 Å². The Hall–Kier alpha value is -2.15. The first-order valence-corrected chi connectivity index (χ1v) is 14.1. The van der Waals surface area contributed by atoms with E-state index in [1.54, 1.807) is 6.20 Å². The molecule has 0 N–H and O–H groups in total. The maximum atomic E-state index is 13.0. The topological polar surface area (TPSA) is 60.9 Å². The van der Waals surface area contributed by atoms with Crippen LogP contribution in [0.5, 0.6) is 11.5 Å². The second-order valence-electron chi connectivity index (χ2n) is 11.2. The molecule has 4 rings (SSSR count). The summed E-state index contributed by atoms with van der Waals surface area (Å²) in [5.41, 5.74) is 3.51. The lowest BCUT2D eigenvalue weighted by Gasteiger charge is -2.36. The van der Waals surface area contributed by atoms with Gasteiger partial charge in [-0.3, -0.25) is 14.7 Å². The van der Waals surface area contributed by atoms with Crippen molar-refractivity contribution < 1.29 is 19.0 Å². The molecule has 2 aliphatic rings. The Labute approximate surface area is 234 Å². The summed E-state index contributed by atoms with van der Waals surface area (Å²) in [6, 6.07) is 6.22. The minimum absolute atomic E-state index is 0. The van der Waals surface area contributed by atoms with Crippen LogP contribution in [0.2, 0.25) is 0 Å². The molecule has 0 aliphatic carbocycles. The molecule has 6 nitrogen and oxygen atoms in total. The molecule has 1 saturated heterocycles. The summed E-state index contributed by atoms with van der Waals surface area (Å²) in [5, 5.41) is 0. The molecule has 2 aromatic rings. The summed E-state index contributed by atoms with van der Waals surface area (Å²) >= 11 is 0. The fourth-order valence-corrected chi connectivity index (χ4v) is 5.49. The monoisotopic (exact) mass is 544 g/mol. The average Bonchev–Trinajstić information content (AvgIpc) is 2.88. The van der Waals surface area contributed by atoms with Gasteiger partial charge < -0.3 is 14.2 Å². The van der Waals surface area contributed by atoms with Gasteiger partial charge in [0, 0.05) is 43.0 Å². The van der Waals surface area contributed by atoms with Gasteiger partial charge >= 0.3 is 5.97 Å². The van der Waals surface area contributed by atoms with Crippen LogP contribution in [0.15, 0.2) is 30.6 Å². The lowest BCUT2D eigenvalue weighted by Crippen LogP contribution is -2.37. The third kappa shape index (κ3) is 7.28. The first-order valence-electron chi connectivity index (χ1n) is 14.1. The van der Waals surface area contributed by atoms with Crippen LogP contribution in [-0.4, -0.2) is 48.7 Å². The molecule has 0 saturated carbocycles. The standard InChI is InChI=1S/C31H44N2O4.ClH/c1-6-7-8-10-22(2)23(3)24-19-27(36-29(34)11-9-14-33-15-17-35-18-16-33)30-25-21-32-13-12-26(25)31(4,5)37-28(30)20-24;/h12-13,19-23H,6-11,14-18H2,1-5H3;1H. The highest BCUT2D eigenvalue weighted by Crippen LogP contribution is 2.50. The summed E-state index contributed by atoms with van der Waals surface area (Å²) in [6.07, 6.45) is 9.71. The normalized spacial score (nSPS) is 17.8. The molecule has 3 heterocycles. The van der Waals surface area contributed by atoms with Gasteiger partial charge in [0.2, 0.25) is 0 Å². The van der Waals surface area contributed by atoms with Crippen molar-refractivity contribution in [1.29, 1.82) is 0 Å². The first kappa shape index (κ1) is 30.4. The summed E-state index contributed by atoms with van der Waals surface area (Å²) < 4.78 is 18.1. The predicted molar refractivity (Wildman–Crippen MR) is 154 cm³/mol. The predicted octanol–water partition coefficient (Wildman–Crippen LogP) is 7.14. The van der Waals surface area contributed by atoms with E-state index >= 15 is 0 Å². The number of carbonyl (C=O) groups is 1. The van der Waals surface area contributed by atoms with Gasteiger partial charge in [0.05, 0.1) is 18.8 Å². The number of benzene rings is 1. The molecule has 2 aliphatic heterocycles. The lowest BCUT2D eigenvalue weighted by atomic mass is 9.82. The first-order chi connectivity index (χ1) is 17.8. The van der Waals surface area contributed by atoms with Gasteiger partial charge in [0.15, 0.2) is 0 Å². The van der Waals surface area contributed by atoms with Gasteiger partial charge in [-0.25, -0.2) is 0 Å². The number of unbranched alkanes of at least 4 members (excludes halogenated alkanes) is 2. The van der Waals surface area contributed by atoms with E-state index in [0.717, 1.165) is 67.3 Å². The number of rotatable bonds is 11. The van der Waals surface area contributed by atoms with Crippen LogP contribution < -0.4 is 9.47 Å². The molecule has 1 aromatic carbocycles. The van der Waals surface area contributed by atoms with Crippen LogP contribution in [0.25, 0.3) is 11.1 Å². The second kappa shape index (κ2) is 13.8. The van der Waals surface area contributed by atoms with Crippen molar-refractivity contribution in [2.75, 3.05) is 32.8 Å². The number of nitrogens with zero attached hydrogens (tertiary/aromatic N) is 2. The van der Waals surface area contributed by atoms with Crippen LogP contribution in [0.4, 0.5) is 0 Å². The third-order valence-electron chi connectivity index (χ3n) is 8.02. The SMILES string of the molecule is CCCCCC(C)C(C)c1cc(OC(=O)CCCN2CCOCC2)c2c(c1)OC(C)(C)c1ccncc1-2.Cl. The molecule has 0 radical (unpaired) electrons. The van der Waals surface area contributed by atoms with E-state index in [0.29, 0.717) is 24.0 Å². The van der Waals surface area contributed by atoms with Crippen LogP contribution in [-0.2, 0) is 15.1 Å². The summed E-state index contributed by atoms with van der Waals surface area (Å²) in [7, 11) is 0. The number of pyridine rings is 1. The molecule has 2 atom stereocenters. The third-order valence-corrected chi connectivity index (χ3v) is 8.02. The van der Waals surface area contributed by atoms with Crippen molar-refractivity contribution in [2.24, 2.45) is 5.92 Å². The molecule has 1 fully saturated rings. The van der Waals surface area contributed by atoms with Gasteiger partial charge in [-0.1, -0.05) is 46.5 Å². The fraction of sp³-hybridized carbons (Fsp3) is 0.613. The summed E-state index contributed by atoms with van der Waals surface area (Å²) in [4.78, 5) is 19.8. The molecule has 7 heteroatoms. The van der Waals surface area contributed by atoms with E-state index < -0.39 is 5.60 Å². The summed E-state index contributed by atoms with van der Waals surface area (Å²) in [5.74, 6) is 2.00. The second-order valence-corrected chi connectivity index (χ2v) is 11.2. The van der Waals surface area contributed by atoms with Gasteiger partial charge in [-0.2, -0.15) is 0 Å². The molecule has 0 spiro atoms. The Morgan fingerprint density at radius 1 is 1.16 bits per heavy atom. The van der Waals surface area contributed by atoms with Gasteiger partial charge in [-0.05, 0) is 62.4 Å². The number of morpholine rings is 1. The minimum atomic E-state index is -0.501. The minimum Gasteiger partial charge on any atom is -0.482 e. The molecule has 1 aromatic heterocycles. The number of carbonyl (C=O) groups excluding carboxylic acids is 1. The van der Waals surface area contributed by atoms with Crippen LogP contribution >= 0.6 is 12.4 Å². The Morgan fingerprint density at radius 3 is 2.66 bits per heavy atom. The Morgan fingerprint density at radius 2 is 1.92 bits per heavy atom. The van der Waals surface area contributed by atoms with Crippen molar-refractivity contribution in [1.82, 2.24) is 9.88 Å². The van der Waals surface area contributed by atoms with E-state index in [-0.39, 0.29) is 18.4 Å². The number of halogens is 1. The number of fused-ring (bicyclic) bond motifs is 3. The number of aromatic nitrogens is 1. The molecule has 0 amide bonds. The average molecular weight is 545 g/mol. The highest BCUT2D eigenvalue weighted by molar-refractivity contribution is 5.85. The van der Waals surface area contributed by atoms with Crippen LogP contribution in [0.1, 0.15) is 90.2 Å². The zero-order valence-corrected chi connectivity index (χ0v) is 24.6. The Bertz CT molecular complexity index is 1070. The molecular formula is C31H45ClN2O4. The highest BCUT2D eigenvalue weighted by Gasteiger charge is 2.35. The maximum absolute atomic E-state index is 13.0. The zero-order valence-electron chi connectivity index (χ0n) is 23.8. The van der Waals surface area contributed by atoms with Crippen molar-refractivity contribution >= 4 is 18.4 Å². The zero-order chi connectivity index (χ0) is 26.4. The highest BCUT2D eigenvalue weighted by atomic mass is 35.5. The van der Waals surface area contributed by atoms with Gasteiger partial charge in [-0.15, -0.1) is 12.4 Å². The molecular weight excluding hydrogens is 500 g/mol. The van der Waals surface area contributed by atoms with E-state index in [9.17, 15) is 4.79 Å². The molecule has 38 heavy (non-hydrogen) atoms. The molecule has 0 bridgehead atoms. The van der Waals surface area contributed by atoms with Crippen molar-refractivity contribution in [3.8, 4) is 22.6 Å².